The topological polar surface area (TPSA) is 78.6 Å². The van der Waals surface area contributed by atoms with Crippen LogP contribution in [0.25, 0.3) is 0 Å². The van der Waals surface area contributed by atoms with Crippen molar-refractivity contribution in [2.75, 3.05) is 13.7 Å². The molecule has 0 saturated carbocycles. The molecule has 18 heavy (non-hydrogen) atoms. The van der Waals surface area contributed by atoms with E-state index in [0.717, 1.165) is 0 Å². The van der Waals surface area contributed by atoms with Gasteiger partial charge in [-0.2, -0.15) is 0 Å². The molecule has 0 aliphatic heterocycles. The highest BCUT2D eigenvalue weighted by molar-refractivity contribution is 5.89. The van der Waals surface area contributed by atoms with E-state index >= 15 is 0 Å². The molecule has 0 aliphatic carbocycles. The van der Waals surface area contributed by atoms with E-state index in [9.17, 15) is 9.59 Å². The molecular formula is C13H17NO4. The lowest BCUT2D eigenvalue weighted by Crippen LogP contribution is -2.17. The summed E-state index contributed by atoms with van der Waals surface area (Å²) >= 11 is 0. The molecule has 5 nitrogen and oxygen atoms in total. The average molecular weight is 251 g/mol. The van der Waals surface area contributed by atoms with Gasteiger partial charge in [0, 0.05) is 6.04 Å². The highest BCUT2D eigenvalue weighted by atomic mass is 16.5. The Morgan fingerprint density at radius 3 is 2.72 bits per heavy atom. The van der Waals surface area contributed by atoms with Crippen molar-refractivity contribution < 1.29 is 19.1 Å². The fourth-order valence-corrected chi connectivity index (χ4v) is 1.53. The van der Waals surface area contributed by atoms with Crippen LogP contribution >= 0.6 is 0 Å². The molecular weight excluding hydrogens is 234 g/mol. The van der Waals surface area contributed by atoms with Gasteiger partial charge >= 0.3 is 11.9 Å². The van der Waals surface area contributed by atoms with E-state index in [2.05, 4.69) is 4.74 Å². The highest BCUT2D eigenvalue weighted by Crippen LogP contribution is 2.16. The molecule has 1 aromatic carbocycles. The van der Waals surface area contributed by atoms with Gasteiger partial charge in [0.05, 0.1) is 25.7 Å². The molecule has 0 spiro atoms. The van der Waals surface area contributed by atoms with Crippen LogP contribution in [-0.4, -0.2) is 25.7 Å². The Labute approximate surface area is 106 Å². The number of ether oxygens (including phenoxy) is 2. The van der Waals surface area contributed by atoms with E-state index < -0.39 is 12.0 Å². The number of hydrogen-bond acceptors (Lipinski definition) is 5. The molecule has 0 amide bonds. The van der Waals surface area contributed by atoms with Gasteiger partial charge in [0.1, 0.15) is 0 Å². The number of carbonyl (C=O) groups is 2. The molecule has 1 aromatic rings. The van der Waals surface area contributed by atoms with Gasteiger partial charge in [0.15, 0.2) is 0 Å². The number of nitrogens with two attached hydrogens (primary N) is 1. The van der Waals surface area contributed by atoms with Crippen molar-refractivity contribution in [2.45, 2.75) is 19.4 Å². The number of methoxy groups -OCH3 is 1. The van der Waals surface area contributed by atoms with Gasteiger partial charge in [-0.1, -0.05) is 12.1 Å². The second kappa shape index (κ2) is 6.76. The van der Waals surface area contributed by atoms with Crippen molar-refractivity contribution in [3.8, 4) is 0 Å². The molecule has 0 fully saturated rings. The maximum atomic E-state index is 11.4. The number of carbonyl (C=O) groups excluding carboxylic acids is 2. The van der Waals surface area contributed by atoms with Gasteiger partial charge in [-0.05, 0) is 24.6 Å². The zero-order valence-electron chi connectivity index (χ0n) is 10.5. The summed E-state index contributed by atoms with van der Waals surface area (Å²) in [5.74, 6) is -0.784. The van der Waals surface area contributed by atoms with Gasteiger partial charge in [-0.3, -0.25) is 4.79 Å². The number of esters is 2. The van der Waals surface area contributed by atoms with E-state index in [4.69, 9.17) is 10.5 Å². The molecule has 1 atom stereocenters. The largest absolute Gasteiger partial charge is 0.466 e. The monoisotopic (exact) mass is 251 g/mol. The van der Waals surface area contributed by atoms with Crippen LogP contribution in [0, 0.1) is 0 Å². The summed E-state index contributed by atoms with van der Waals surface area (Å²) in [6, 6.07) is 6.22. The lowest BCUT2D eigenvalue weighted by molar-refractivity contribution is -0.143. The predicted molar refractivity (Wildman–Crippen MR) is 66.0 cm³/mol. The first kappa shape index (κ1) is 14.2. The Hall–Kier alpha value is -1.88. The fraction of sp³-hybridized carbons (Fsp3) is 0.385. The summed E-state index contributed by atoms with van der Waals surface area (Å²) in [7, 11) is 1.31. The zero-order chi connectivity index (χ0) is 13.5. The molecule has 0 unspecified atom stereocenters. The Morgan fingerprint density at radius 1 is 1.39 bits per heavy atom. The minimum Gasteiger partial charge on any atom is -0.466 e. The second-order valence-corrected chi connectivity index (χ2v) is 3.73. The predicted octanol–water partition coefficient (Wildman–Crippen LogP) is 1.43. The second-order valence-electron chi connectivity index (χ2n) is 3.73. The number of rotatable bonds is 5. The summed E-state index contributed by atoms with van der Waals surface area (Å²) in [5, 5.41) is 0. The van der Waals surface area contributed by atoms with Crippen LogP contribution < -0.4 is 5.73 Å². The van der Waals surface area contributed by atoms with Gasteiger partial charge in [0.25, 0.3) is 0 Å². The molecule has 5 heteroatoms. The molecule has 0 saturated heterocycles. The van der Waals surface area contributed by atoms with E-state index in [-0.39, 0.29) is 12.4 Å². The van der Waals surface area contributed by atoms with E-state index in [0.29, 0.717) is 17.7 Å². The summed E-state index contributed by atoms with van der Waals surface area (Å²) in [4.78, 5) is 22.7. The van der Waals surface area contributed by atoms with Crippen LogP contribution in [-0.2, 0) is 14.3 Å². The molecule has 98 valence electrons. The third kappa shape index (κ3) is 3.85. The fourth-order valence-electron chi connectivity index (χ4n) is 1.53. The van der Waals surface area contributed by atoms with Gasteiger partial charge in [-0.25, -0.2) is 4.79 Å². The van der Waals surface area contributed by atoms with E-state index in [1.165, 1.54) is 7.11 Å². The van der Waals surface area contributed by atoms with Crippen LogP contribution in [0.5, 0.6) is 0 Å². The highest BCUT2D eigenvalue weighted by Gasteiger charge is 2.14. The first-order valence-electron chi connectivity index (χ1n) is 5.68. The first-order valence-corrected chi connectivity index (χ1v) is 5.68. The molecule has 0 aromatic heterocycles. The van der Waals surface area contributed by atoms with Crippen molar-refractivity contribution in [3.63, 3.8) is 0 Å². The van der Waals surface area contributed by atoms with Crippen LogP contribution in [0.2, 0.25) is 0 Å². The lowest BCUT2D eigenvalue weighted by Gasteiger charge is -2.12. The maximum Gasteiger partial charge on any atom is 0.337 e. The van der Waals surface area contributed by atoms with Crippen LogP contribution in [0.1, 0.15) is 35.3 Å². The summed E-state index contributed by atoms with van der Waals surface area (Å²) in [5.41, 5.74) is 7.00. The van der Waals surface area contributed by atoms with Gasteiger partial charge < -0.3 is 15.2 Å². The Bertz CT molecular complexity index is 431. The van der Waals surface area contributed by atoms with Crippen molar-refractivity contribution in [1.29, 1.82) is 0 Å². The molecule has 0 radical (unpaired) electrons. The van der Waals surface area contributed by atoms with Crippen molar-refractivity contribution in [1.82, 2.24) is 0 Å². The standard InChI is InChI=1S/C13H17NO4/c1-3-18-12(15)8-11(14)9-5-4-6-10(7-9)13(16)17-2/h4-7,11H,3,8,14H2,1-2H3/t11-/m0/s1. The summed E-state index contributed by atoms with van der Waals surface area (Å²) in [6.07, 6.45) is 0.0818. The number of benzene rings is 1. The third-order valence-corrected chi connectivity index (χ3v) is 2.43. The molecule has 0 bridgehead atoms. The van der Waals surface area contributed by atoms with Crippen molar-refractivity contribution in [2.24, 2.45) is 5.73 Å². The van der Waals surface area contributed by atoms with Crippen molar-refractivity contribution >= 4 is 11.9 Å². The quantitative estimate of drug-likeness (QED) is 0.801. The Balaban J connectivity index is 2.76. The number of hydrogen-bond donors (Lipinski definition) is 1. The smallest absolute Gasteiger partial charge is 0.337 e. The maximum absolute atomic E-state index is 11.4. The lowest BCUT2D eigenvalue weighted by atomic mass is 10.0. The zero-order valence-corrected chi connectivity index (χ0v) is 10.5. The molecule has 1 rings (SSSR count). The van der Waals surface area contributed by atoms with Gasteiger partial charge in [0.2, 0.25) is 0 Å². The Kier molecular flexibility index (Phi) is 5.32. The van der Waals surface area contributed by atoms with E-state index in [1.54, 1.807) is 31.2 Å². The van der Waals surface area contributed by atoms with E-state index in [1.807, 2.05) is 0 Å². The average Bonchev–Trinajstić information content (AvgIpc) is 2.38. The Morgan fingerprint density at radius 2 is 2.11 bits per heavy atom. The first-order chi connectivity index (χ1) is 8.58. The molecule has 2 N–H and O–H groups in total. The summed E-state index contributed by atoms with van der Waals surface area (Å²) < 4.78 is 9.44. The normalized spacial score (nSPS) is 11.7. The van der Waals surface area contributed by atoms with Crippen LogP contribution in [0.3, 0.4) is 0 Å². The SMILES string of the molecule is CCOC(=O)C[C@H](N)c1cccc(C(=O)OC)c1. The minimum absolute atomic E-state index is 0.0818. The van der Waals surface area contributed by atoms with Gasteiger partial charge in [-0.15, -0.1) is 0 Å². The van der Waals surface area contributed by atoms with Crippen LogP contribution in [0.15, 0.2) is 24.3 Å². The minimum atomic E-state index is -0.492. The molecule has 0 heterocycles. The third-order valence-electron chi connectivity index (χ3n) is 2.43. The summed E-state index contributed by atoms with van der Waals surface area (Å²) in [6.45, 7) is 2.06. The van der Waals surface area contributed by atoms with Crippen molar-refractivity contribution in [3.05, 3.63) is 35.4 Å². The van der Waals surface area contributed by atoms with Crippen LogP contribution in [0.4, 0.5) is 0 Å². The molecule has 0 aliphatic rings.